The third-order valence-corrected chi connectivity index (χ3v) is 4.52. The smallest absolute Gasteiger partial charge is 0.235 e. The molecule has 23 heavy (non-hydrogen) atoms. The van der Waals surface area contributed by atoms with Gasteiger partial charge in [0.05, 0.1) is 6.04 Å². The van der Waals surface area contributed by atoms with Crippen LogP contribution in [-0.2, 0) is 9.53 Å². The van der Waals surface area contributed by atoms with Crippen molar-refractivity contribution < 1.29 is 14.6 Å². The molecule has 1 amide bonds. The molecule has 1 aliphatic heterocycles. The van der Waals surface area contributed by atoms with Gasteiger partial charge >= 0.3 is 0 Å². The highest BCUT2D eigenvalue weighted by Crippen LogP contribution is 2.32. The molecule has 0 bridgehead atoms. The molecule has 0 fully saturated rings. The second-order valence-corrected chi connectivity index (χ2v) is 9.16. The van der Waals surface area contributed by atoms with Crippen molar-refractivity contribution in [1.82, 2.24) is 5.32 Å². The number of nitrogens with one attached hydrogen (secondary N) is 1. The summed E-state index contributed by atoms with van der Waals surface area (Å²) in [5.41, 5.74) is -0.932. The third kappa shape index (κ3) is 4.93. The van der Waals surface area contributed by atoms with Crippen LogP contribution in [0, 0.1) is 16.2 Å². The van der Waals surface area contributed by atoms with Crippen LogP contribution in [-0.4, -0.2) is 42.2 Å². The number of carbonyl (C=O) groups is 1. The fourth-order valence-electron chi connectivity index (χ4n) is 2.45. The van der Waals surface area contributed by atoms with Gasteiger partial charge in [-0.15, -0.1) is 0 Å². The summed E-state index contributed by atoms with van der Waals surface area (Å²) < 4.78 is 5.74. The van der Waals surface area contributed by atoms with Crippen LogP contribution >= 0.6 is 0 Å². The Kier molecular flexibility index (Phi) is 5.89. The third-order valence-electron chi connectivity index (χ3n) is 4.52. The molecule has 0 spiro atoms. The highest BCUT2D eigenvalue weighted by atomic mass is 16.5. The van der Waals surface area contributed by atoms with Crippen molar-refractivity contribution in [2.24, 2.45) is 21.2 Å². The predicted octanol–water partition coefficient (Wildman–Crippen LogP) is 2.77. The van der Waals surface area contributed by atoms with Crippen molar-refractivity contribution in [2.45, 2.75) is 73.9 Å². The first-order valence-corrected chi connectivity index (χ1v) is 8.43. The maximum absolute atomic E-state index is 12.8. The Morgan fingerprint density at radius 3 is 2.22 bits per heavy atom. The number of nitrogens with zero attached hydrogens (tertiary/aromatic N) is 1. The molecule has 134 valence electrons. The normalized spacial score (nSPS) is 20.7. The largest absolute Gasteiger partial charge is 0.478 e. The molecule has 0 radical (unpaired) electrons. The molecule has 1 aliphatic rings. The summed E-state index contributed by atoms with van der Waals surface area (Å²) in [5.74, 6) is 0.394. The van der Waals surface area contributed by atoms with Crippen LogP contribution in [0.3, 0.4) is 0 Å². The molecule has 1 rings (SSSR count). The summed E-state index contributed by atoms with van der Waals surface area (Å²) >= 11 is 0. The second kappa shape index (κ2) is 6.80. The summed E-state index contributed by atoms with van der Waals surface area (Å²) in [6, 6.07) is -0.0277. The minimum absolute atomic E-state index is 0.0130. The molecule has 2 N–H and O–H groups in total. The molecule has 0 aromatic heterocycles. The van der Waals surface area contributed by atoms with Crippen LogP contribution in [0.25, 0.3) is 0 Å². The van der Waals surface area contributed by atoms with Crippen LogP contribution < -0.4 is 5.32 Å². The predicted molar refractivity (Wildman–Crippen MR) is 93.5 cm³/mol. The number of hydrogen-bond acceptors (Lipinski definition) is 4. The minimum Gasteiger partial charge on any atom is -0.478 e. The summed E-state index contributed by atoms with van der Waals surface area (Å²) in [5, 5.41) is 12.3. The Morgan fingerprint density at radius 2 is 1.83 bits per heavy atom. The zero-order valence-corrected chi connectivity index (χ0v) is 16.0. The molecule has 2 atom stereocenters. The van der Waals surface area contributed by atoms with Crippen LogP contribution in [0.15, 0.2) is 4.99 Å². The van der Waals surface area contributed by atoms with Crippen LogP contribution in [0.4, 0.5) is 0 Å². The molecule has 1 heterocycles. The molecular weight excluding hydrogens is 292 g/mol. The summed E-state index contributed by atoms with van der Waals surface area (Å²) in [7, 11) is 0. The Balaban J connectivity index is 2.89. The Morgan fingerprint density at radius 1 is 1.26 bits per heavy atom. The van der Waals surface area contributed by atoms with Gasteiger partial charge in [0, 0.05) is 12.6 Å². The lowest BCUT2D eigenvalue weighted by Crippen LogP contribution is -2.51. The van der Waals surface area contributed by atoms with E-state index < -0.39 is 5.41 Å². The maximum Gasteiger partial charge on any atom is 0.235 e. The SMILES string of the molecule is CC(C)(C(=O)N[C@@H](CCO)C(C)(C)C)C1=N[C@@H](C(C)(C)C)CO1. The van der Waals surface area contributed by atoms with Crippen molar-refractivity contribution in [3.63, 3.8) is 0 Å². The number of carbonyl (C=O) groups excluding carboxylic acids is 1. The zero-order chi connectivity index (χ0) is 18.1. The van der Waals surface area contributed by atoms with E-state index in [1.807, 2.05) is 13.8 Å². The molecule has 0 aromatic carbocycles. The van der Waals surface area contributed by atoms with Gasteiger partial charge in [-0.1, -0.05) is 41.5 Å². The molecule has 5 heteroatoms. The van der Waals surface area contributed by atoms with Gasteiger partial charge in [-0.05, 0) is 31.1 Å². The van der Waals surface area contributed by atoms with Crippen molar-refractivity contribution in [3.05, 3.63) is 0 Å². The number of aliphatic hydroxyl groups is 1. The average Bonchev–Trinajstić information content (AvgIpc) is 2.86. The van der Waals surface area contributed by atoms with Gasteiger partial charge in [-0.25, -0.2) is 4.99 Å². The van der Waals surface area contributed by atoms with Crippen molar-refractivity contribution in [2.75, 3.05) is 13.2 Å². The number of aliphatic hydroxyl groups excluding tert-OH is 1. The lowest BCUT2D eigenvalue weighted by molar-refractivity contribution is -0.128. The second-order valence-electron chi connectivity index (χ2n) is 9.16. The Hall–Kier alpha value is -1.10. The number of hydrogen-bond donors (Lipinski definition) is 2. The quantitative estimate of drug-likeness (QED) is 0.816. The topological polar surface area (TPSA) is 70.9 Å². The van der Waals surface area contributed by atoms with Crippen molar-refractivity contribution >= 4 is 11.8 Å². The monoisotopic (exact) mass is 326 g/mol. The fourth-order valence-corrected chi connectivity index (χ4v) is 2.45. The first kappa shape index (κ1) is 19.9. The van der Waals surface area contributed by atoms with E-state index in [9.17, 15) is 9.90 Å². The average molecular weight is 326 g/mol. The van der Waals surface area contributed by atoms with Crippen LogP contribution in [0.2, 0.25) is 0 Å². The van der Waals surface area contributed by atoms with Gasteiger partial charge < -0.3 is 15.2 Å². The highest BCUT2D eigenvalue weighted by molar-refractivity contribution is 6.04. The maximum atomic E-state index is 12.8. The molecule has 0 saturated carbocycles. The van der Waals surface area contributed by atoms with Crippen molar-refractivity contribution in [1.29, 1.82) is 0 Å². The Bertz CT molecular complexity index is 456. The zero-order valence-electron chi connectivity index (χ0n) is 16.0. The van der Waals surface area contributed by atoms with Gasteiger partial charge in [0.1, 0.15) is 12.0 Å². The van der Waals surface area contributed by atoms with Gasteiger partial charge in [-0.2, -0.15) is 0 Å². The van der Waals surface area contributed by atoms with Gasteiger partial charge in [-0.3, -0.25) is 4.79 Å². The summed E-state index contributed by atoms with van der Waals surface area (Å²) in [4.78, 5) is 17.4. The number of rotatable bonds is 5. The molecule has 0 saturated heterocycles. The fraction of sp³-hybridized carbons (Fsp3) is 0.889. The van der Waals surface area contributed by atoms with E-state index in [4.69, 9.17) is 4.74 Å². The molecule has 0 aliphatic carbocycles. The van der Waals surface area contributed by atoms with Gasteiger partial charge in [0.15, 0.2) is 5.90 Å². The number of ether oxygens (including phenoxy) is 1. The summed E-state index contributed by atoms with van der Waals surface area (Å²) in [6.07, 6.45) is 0.531. The van der Waals surface area contributed by atoms with E-state index in [0.29, 0.717) is 18.9 Å². The lowest BCUT2D eigenvalue weighted by atomic mass is 9.83. The van der Waals surface area contributed by atoms with E-state index in [2.05, 4.69) is 51.9 Å². The van der Waals surface area contributed by atoms with E-state index in [1.165, 1.54) is 0 Å². The van der Waals surface area contributed by atoms with Gasteiger partial charge in [0.25, 0.3) is 0 Å². The standard InChI is InChI=1S/C18H34N2O3/c1-16(2,3)12(9-10-21)19-14(22)18(7,8)15-20-13(11-23-15)17(4,5)6/h12-13,21H,9-11H2,1-8H3,(H,19,22)/t12-,13+/m0/s1. The molecule has 0 unspecified atom stereocenters. The Labute approximate surface area is 140 Å². The van der Waals surface area contributed by atoms with E-state index in [-0.39, 0.29) is 35.4 Å². The van der Waals surface area contributed by atoms with E-state index >= 15 is 0 Å². The van der Waals surface area contributed by atoms with Gasteiger partial charge in [0.2, 0.25) is 5.91 Å². The van der Waals surface area contributed by atoms with Crippen LogP contribution in [0.1, 0.15) is 61.8 Å². The first-order valence-electron chi connectivity index (χ1n) is 8.43. The number of aliphatic imine (C=N–C) groups is 1. The van der Waals surface area contributed by atoms with E-state index in [0.717, 1.165) is 0 Å². The molecule has 0 aromatic rings. The minimum atomic E-state index is -0.820. The summed E-state index contributed by atoms with van der Waals surface area (Å²) in [6.45, 7) is 16.8. The molecular formula is C18H34N2O3. The van der Waals surface area contributed by atoms with E-state index in [1.54, 1.807) is 0 Å². The molecule has 5 nitrogen and oxygen atoms in total. The highest BCUT2D eigenvalue weighted by Gasteiger charge is 2.42. The van der Waals surface area contributed by atoms with Crippen LogP contribution in [0.5, 0.6) is 0 Å². The first-order chi connectivity index (χ1) is 10.3. The number of amides is 1. The lowest BCUT2D eigenvalue weighted by Gasteiger charge is -2.34. The van der Waals surface area contributed by atoms with Crippen molar-refractivity contribution in [3.8, 4) is 0 Å².